The van der Waals surface area contributed by atoms with E-state index in [1.807, 2.05) is 0 Å². The molecule has 0 bridgehead atoms. The summed E-state index contributed by atoms with van der Waals surface area (Å²) in [5.41, 5.74) is 5.73. The topological polar surface area (TPSA) is 103 Å². The predicted molar refractivity (Wildman–Crippen MR) is 103 cm³/mol. The summed E-state index contributed by atoms with van der Waals surface area (Å²) in [6.45, 7) is 0.878. The number of hydrogen-bond donors (Lipinski definition) is 2. The number of carbonyl (C=O) groups is 2. The summed E-state index contributed by atoms with van der Waals surface area (Å²) in [4.78, 5) is 28.3. The number of hydrogen-bond acceptors (Lipinski definition) is 6. The van der Waals surface area contributed by atoms with Gasteiger partial charge in [-0.2, -0.15) is 0 Å². The van der Waals surface area contributed by atoms with Crippen molar-refractivity contribution in [1.29, 1.82) is 0 Å². The highest BCUT2D eigenvalue weighted by Gasteiger charge is 2.15. The third-order valence-electron chi connectivity index (χ3n) is 4.37. The van der Waals surface area contributed by atoms with Crippen molar-refractivity contribution >= 4 is 11.8 Å². The van der Waals surface area contributed by atoms with Crippen LogP contribution in [0.25, 0.3) is 11.3 Å². The maximum atomic E-state index is 13.0. The van der Waals surface area contributed by atoms with Crippen LogP contribution in [0.2, 0.25) is 0 Å². The van der Waals surface area contributed by atoms with Crippen molar-refractivity contribution in [3.63, 3.8) is 0 Å². The van der Waals surface area contributed by atoms with Crippen molar-refractivity contribution in [2.75, 3.05) is 13.2 Å². The van der Waals surface area contributed by atoms with Gasteiger partial charge in [0.25, 0.3) is 5.91 Å². The average molecular weight is 411 g/mol. The number of benzene rings is 2. The first-order valence-corrected chi connectivity index (χ1v) is 9.28. The van der Waals surface area contributed by atoms with E-state index in [1.165, 1.54) is 18.3 Å². The predicted octanol–water partition coefficient (Wildman–Crippen LogP) is 2.65. The number of rotatable bonds is 5. The summed E-state index contributed by atoms with van der Waals surface area (Å²) in [5, 5.41) is 0. The van der Waals surface area contributed by atoms with Crippen molar-refractivity contribution < 1.29 is 27.9 Å². The van der Waals surface area contributed by atoms with Gasteiger partial charge in [-0.05, 0) is 42.5 Å². The first-order valence-electron chi connectivity index (χ1n) is 9.28. The van der Waals surface area contributed by atoms with Crippen LogP contribution < -0.4 is 20.3 Å². The largest absolute Gasteiger partial charge is 0.486 e. The molecule has 0 unspecified atom stereocenters. The Morgan fingerprint density at radius 2 is 1.77 bits per heavy atom. The average Bonchev–Trinajstić information content (AvgIpc) is 3.25. The Kier molecular flexibility index (Phi) is 5.60. The number of fused-ring (bicyclic) bond motifs is 1. The summed E-state index contributed by atoms with van der Waals surface area (Å²) < 4.78 is 29.4. The molecule has 1 aliphatic heterocycles. The van der Waals surface area contributed by atoms with Crippen molar-refractivity contribution in [2.24, 2.45) is 0 Å². The van der Waals surface area contributed by atoms with E-state index in [0.717, 1.165) is 0 Å². The molecule has 9 heteroatoms. The third kappa shape index (κ3) is 4.57. The van der Waals surface area contributed by atoms with E-state index in [2.05, 4.69) is 15.8 Å². The van der Waals surface area contributed by atoms with E-state index in [9.17, 15) is 14.0 Å². The molecule has 8 nitrogen and oxygen atoms in total. The van der Waals surface area contributed by atoms with E-state index >= 15 is 0 Å². The highest BCUT2D eigenvalue weighted by Crippen LogP contribution is 2.30. The molecule has 154 valence electrons. The summed E-state index contributed by atoms with van der Waals surface area (Å²) in [5.74, 6) is 0.694. The highest BCUT2D eigenvalue weighted by molar-refractivity contribution is 5.96. The molecule has 1 aliphatic rings. The Labute approximate surface area is 171 Å². The van der Waals surface area contributed by atoms with Gasteiger partial charge in [-0.25, -0.2) is 9.37 Å². The fourth-order valence-electron chi connectivity index (χ4n) is 2.84. The van der Waals surface area contributed by atoms with Gasteiger partial charge in [-0.1, -0.05) is 0 Å². The zero-order valence-electron chi connectivity index (χ0n) is 15.8. The number of aryl methyl sites for hydroxylation is 1. The third-order valence-corrected chi connectivity index (χ3v) is 4.37. The molecule has 0 atom stereocenters. The zero-order valence-corrected chi connectivity index (χ0v) is 15.8. The van der Waals surface area contributed by atoms with Gasteiger partial charge in [0.2, 0.25) is 5.91 Å². The van der Waals surface area contributed by atoms with Crippen molar-refractivity contribution in [3.8, 4) is 22.8 Å². The van der Waals surface area contributed by atoms with E-state index in [1.54, 1.807) is 30.3 Å². The summed E-state index contributed by atoms with van der Waals surface area (Å²) in [6, 6.07) is 10.6. The first-order chi connectivity index (χ1) is 14.6. The van der Waals surface area contributed by atoms with Crippen LogP contribution in [-0.2, 0) is 11.2 Å². The lowest BCUT2D eigenvalue weighted by atomic mass is 10.2. The highest BCUT2D eigenvalue weighted by atomic mass is 19.1. The molecular formula is C21H18FN3O5. The number of aromatic nitrogens is 1. The molecule has 0 aliphatic carbocycles. The number of nitrogens with one attached hydrogen (secondary N) is 2. The minimum atomic E-state index is -0.477. The standard InChI is InChI=1S/C21H18FN3O5/c22-15-4-1-13(2-5-15)18-12-23-20(30-18)8-7-19(26)24-25-21(27)14-3-6-16-17(11-14)29-10-9-28-16/h1-6,11-12H,7-10H2,(H,24,26)(H,25,27). The number of ether oxygens (including phenoxy) is 2. The lowest BCUT2D eigenvalue weighted by molar-refractivity contribution is -0.121. The van der Waals surface area contributed by atoms with Crippen molar-refractivity contribution in [1.82, 2.24) is 15.8 Å². The SMILES string of the molecule is O=C(CCc1ncc(-c2ccc(F)cc2)o1)NNC(=O)c1ccc2c(c1)OCCO2. The van der Waals surface area contributed by atoms with Crippen LogP contribution >= 0.6 is 0 Å². The van der Waals surface area contributed by atoms with Crippen LogP contribution in [0.15, 0.2) is 53.1 Å². The first kappa shape index (κ1) is 19.4. The Morgan fingerprint density at radius 3 is 2.57 bits per heavy atom. The Hall–Kier alpha value is -3.88. The van der Waals surface area contributed by atoms with Gasteiger partial charge >= 0.3 is 0 Å². The maximum absolute atomic E-state index is 13.0. The monoisotopic (exact) mass is 411 g/mol. The number of nitrogens with zero attached hydrogens (tertiary/aromatic N) is 1. The lowest BCUT2D eigenvalue weighted by Gasteiger charge is -2.18. The fraction of sp³-hybridized carbons (Fsp3) is 0.190. The summed E-state index contributed by atoms with van der Waals surface area (Å²) >= 11 is 0. The minimum absolute atomic E-state index is 0.0603. The van der Waals surface area contributed by atoms with Crippen molar-refractivity contribution in [2.45, 2.75) is 12.8 Å². The van der Waals surface area contributed by atoms with Crippen LogP contribution in [-0.4, -0.2) is 30.0 Å². The van der Waals surface area contributed by atoms with Gasteiger partial charge in [-0.15, -0.1) is 0 Å². The van der Waals surface area contributed by atoms with Crippen LogP contribution in [0, 0.1) is 5.82 Å². The van der Waals surface area contributed by atoms with Gasteiger partial charge in [0.05, 0.1) is 6.20 Å². The lowest BCUT2D eigenvalue weighted by Crippen LogP contribution is -2.41. The maximum Gasteiger partial charge on any atom is 0.269 e. The molecule has 0 spiro atoms. The molecule has 4 rings (SSSR count). The molecule has 2 N–H and O–H groups in total. The molecule has 1 aromatic heterocycles. The second-order valence-corrected chi connectivity index (χ2v) is 6.49. The fourth-order valence-corrected chi connectivity index (χ4v) is 2.84. The van der Waals surface area contributed by atoms with Gasteiger partial charge in [-0.3, -0.25) is 20.4 Å². The van der Waals surface area contributed by atoms with Crippen LogP contribution in [0.3, 0.4) is 0 Å². The summed E-state index contributed by atoms with van der Waals surface area (Å²) in [7, 11) is 0. The zero-order chi connectivity index (χ0) is 20.9. The van der Waals surface area contributed by atoms with Gasteiger partial charge in [0.15, 0.2) is 23.1 Å². The van der Waals surface area contributed by atoms with Crippen LogP contribution in [0.4, 0.5) is 4.39 Å². The van der Waals surface area contributed by atoms with E-state index < -0.39 is 11.8 Å². The van der Waals surface area contributed by atoms with Gasteiger partial charge < -0.3 is 13.9 Å². The smallest absolute Gasteiger partial charge is 0.269 e. The Balaban J connectivity index is 1.26. The number of oxazole rings is 1. The molecule has 30 heavy (non-hydrogen) atoms. The van der Waals surface area contributed by atoms with E-state index in [4.69, 9.17) is 13.9 Å². The molecule has 3 aromatic rings. The Morgan fingerprint density at radius 1 is 1.00 bits per heavy atom. The number of hydrazine groups is 1. The molecule has 0 saturated carbocycles. The Bertz CT molecular complexity index is 1060. The van der Waals surface area contributed by atoms with E-state index in [0.29, 0.717) is 47.5 Å². The molecule has 2 heterocycles. The van der Waals surface area contributed by atoms with Crippen molar-refractivity contribution in [3.05, 3.63) is 65.9 Å². The molecule has 0 radical (unpaired) electrons. The molecule has 0 saturated heterocycles. The van der Waals surface area contributed by atoms with Gasteiger partial charge in [0, 0.05) is 24.0 Å². The minimum Gasteiger partial charge on any atom is -0.486 e. The molecule has 2 aromatic carbocycles. The number of halogens is 1. The van der Waals surface area contributed by atoms with E-state index in [-0.39, 0.29) is 18.7 Å². The second kappa shape index (κ2) is 8.64. The molecular weight excluding hydrogens is 393 g/mol. The second-order valence-electron chi connectivity index (χ2n) is 6.49. The van der Waals surface area contributed by atoms with Crippen LogP contribution in [0.5, 0.6) is 11.5 Å². The van der Waals surface area contributed by atoms with Crippen LogP contribution in [0.1, 0.15) is 22.7 Å². The normalized spacial score (nSPS) is 12.3. The molecule has 2 amide bonds. The number of amides is 2. The quantitative estimate of drug-likeness (QED) is 0.626. The summed E-state index contributed by atoms with van der Waals surface area (Å²) in [6.07, 6.45) is 1.82. The molecule has 0 fully saturated rings. The van der Waals surface area contributed by atoms with Gasteiger partial charge in [0.1, 0.15) is 19.0 Å². The number of carbonyl (C=O) groups excluding carboxylic acids is 2.